The third-order valence-electron chi connectivity index (χ3n) is 4.30. The van der Waals surface area contributed by atoms with E-state index in [4.69, 9.17) is 4.42 Å². The van der Waals surface area contributed by atoms with Crippen molar-refractivity contribution in [1.82, 2.24) is 9.88 Å². The van der Waals surface area contributed by atoms with Gasteiger partial charge in [-0.15, -0.1) is 11.3 Å². The van der Waals surface area contributed by atoms with Crippen molar-refractivity contribution in [1.29, 1.82) is 0 Å². The molecule has 2 aromatic heterocycles. The van der Waals surface area contributed by atoms with Crippen molar-refractivity contribution in [3.05, 3.63) is 53.6 Å². The first kappa shape index (κ1) is 17.3. The molecule has 4 rings (SSSR count). The lowest BCUT2D eigenvalue weighted by Crippen LogP contribution is -2.37. The summed E-state index contributed by atoms with van der Waals surface area (Å²) >= 11 is 1.32. The molecule has 1 saturated heterocycles. The largest absolute Gasteiger partial charge is 0.463 e. The summed E-state index contributed by atoms with van der Waals surface area (Å²) in [5.41, 5.74) is 2.65. The van der Waals surface area contributed by atoms with Gasteiger partial charge in [0.05, 0.1) is 6.26 Å². The highest BCUT2D eigenvalue weighted by Crippen LogP contribution is 2.25. The van der Waals surface area contributed by atoms with Gasteiger partial charge in [-0.25, -0.2) is 9.78 Å². The van der Waals surface area contributed by atoms with Gasteiger partial charge >= 0.3 is 6.03 Å². The second kappa shape index (κ2) is 7.24. The average molecular weight is 382 g/mol. The molecule has 1 aromatic carbocycles. The standard InChI is InChI=1S/C19H18N4O3S/c1-13-4-6-14(7-5-13)23-9-8-22(19(23)25)11-17(24)21-18-20-15(12-27-18)16-3-2-10-26-16/h2-7,10,12H,8-9,11H2,1H3,(H,20,21,24). The predicted molar refractivity (Wildman–Crippen MR) is 104 cm³/mol. The molecule has 138 valence electrons. The summed E-state index contributed by atoms with van der Waals surface area (Å²) in [5.74, 6) is 0.379. The third kappa shape index (κ3) is 3.70. The Bertz CT molecular complexity index is 950. The van der Waals surface area contributed by atoms with Crippen LogP contribution in [0.4, 0.5) is 15.6 Å². The fraction of sp³-hybridized carbons (Fsp3) is 0.211. The van der Waals surface area contributed by atoms with Crippen LogP contribution >= 0.6 is 11.3 Å². The first-order valence-electron chi connectivity index (χ1n) is 8.52. The van der Waals surface area contributed by atoms with E-state index < -0.39 is 0 Å². The Labute approximate surface area is 160 Å². The Kier molecular flexibility index (Phi) is 4.64. The molecule has 3 aromatic rings. The number of carbonyl (C=O) groups excluding carboxylic acids is 2. The zero-order chi connectivity index (χ0) is 18.8. The number of thiazole rings is 1. The maximum atomic E-state index is 12.6. The van der Waals surface area contributed by atoms with Crippen LogP contribution in [0.3, 0.4) is 0 Å². The molecular formula is C19H18N4O3S. The van der Waals surface area contributed by atoms with Crippen molar-refractivity contribution < 1.29 is 14.0 Å². The second-order valence-corrected chi connectivity index (χ2v) is 7.11. The van der Waals surface area contributed by atoms with E-state index in [2.05, 4.69) is 10.3 Å². The monoisotopic (exact) mass is 382 g/mol. The molecule has 0 aliphatic carbocycles. The molecular weight excluding hydrogens is 364 g/mol. The van der Waals surface area contributed by atoms with Gasteiger partial charge in [0, 0.05) is 24.2 Å². The summed E-state index contributed by atoms with van der Waals surface area (Å²) in [6, 6.07) is 11.2. The first-order chi connectivity index (χ1) is 13.1. The predicted octanol–water partition coefficient (Wildman–Crippen LogP) is 3.59. The molecule has 0 bridgehead atoms. The van der Waals surface area contributed by atoms with E-state index in [-0.39, 0.29) is 18.5 Å². The van der Waals surface area contributed by atoms with Gasteiger partial charge in [0.25, 0.3) is 0 Å². The number of anilines is 2. The Balaban J connectivity index is 1.36. The first-order valence-corrected chi connectivity index (χ1v) is 9.40. The van der Waals surface area contributed by atoms with Crippen LogP contribution in [0.15, 0.2) is 52.5 Å². The Morgan fingerprint density at radius 3 is 2.81 bits per heavy atom. The number of amides is 3. The number of hydrogen-bond donors (Lipinski definition) is 1. The highest BCUT2D eigenvalue weighted by atomic mass is 32.1. The zero-order valence-electron chi connectivity index (χ0n) is 14.7. The van der Waals surface area contributed by atoms with Crippen LogP contribution in [0.5, 0.6) is 0 Å². The fourth-order valence-corrected chi connectivity index (χ4v) is 3.61. The van der Waals surface area contributed by atoms with E-state index in [9.17, 15) is 9.59 Å². The number of hydrogen-bond acceptors (Lipinski definition) is 5. The van der Waals surface area contributed by atoms with Gasteiger partial charge in [0.1, 0.15) is 12.2 Å². The van der Waals surface area contributed by atoms with E-state index in [1.165, 1.54) is 16.2 Å². The minimum absolute atomic E-state index is 0.00312. The molecule has 3 heterocycles. The molecule has 0 atom stereocenters. The van der Waals surface area contributed by atoms with Crippen LogP contribution in [-0.2, 0) is 4.79 Å². The smallest absolute Gasteiger partial charge is 0.325 e. The van der Waals surface area contributed by atoms with E-state index in [0.29, 0.717) is 29.7 Å². The van der Waals surface area contributed by atoms with Crippen LogP contribution in [0.25, 0.3) is 11.5 Å². The van der Waals surface area contributed by atoms with Crippen LogP contribution in [0.2, 0.25) is 0 Å². The Morgan fingerprint density at radius 1 is 1.26 bits per heavy atom. The van der Waals surface area contributed by atoms with Gasteiger partial charge in [0.15, 0.2) is 10.9 Å². The van der Waals surface area contributed by atoms with Crippen molar-refractivity contribution >= 4 is 34.1 Å². The SMILES string of the molecule is Cc1ccc(N2CCN(CC(=O)Nc3nc(-c4ccco4)cs3)C2=O)cc1. The maximum absolute atomic E-state index is 12.6. The topological polar surface area (TPSA) is 78.7 Å². The van der Waals surface area contributed by atoms with Crippen molar-refractivity contribution in [2.45, 2.75) is 6.92 Å². The fourth-order valence-electron chi connectivity index (χ4n) is 2.89. The molecule has 0 saturated carbocycles. The van der Waals surface area contributed by atoms with Gasteiger partial charge < -0.3 is 14.6 Å². The van der Waals surface area contributed by atoms with E-state index in [1.807, 2.05) is 42.6 Å². The molecule has 0 spiro atoms. The van der Waals surface area contributed by atoms with Gasteiger partial charge in [-0.3, -0.25) is 9.69 Å². The maximum Gasteiger partial charge on any atom is 0.325 e. The second-order valence-electron chi connectivity index (χ2n) is 6.25. The lowest BCUT2D eigenvalue weighted by atomic mass is 10.2. The number of benzene rings is 1. The molecule has 7 nitrogen and oxygen atoms in total. The molecule has 1 aliphatic rings. The summed E-state index contributed by atoms with van der Waals surface area (Å²) < 4.78 is 5.29. The quantitative estimate of drug-likeness (QED) is 0.731. The molecule has 27 heavy (non-hydrogen) atoms. The number of rotatable bonds is 5. The molecule has 0 unspecified atom stereocenters. The summed E-state index contributed by atoms with van der Waals surface area (Å²) in [6.45, 7) is 3.07. The lowest BCUT2D eigenvalue weighted by molar-refractivity contribution is -0.116. The average Bonchev–Trinajstić information content (AvgIpc) is 3.38. The number of nitrogens with one attached hydrogen (secondary N) is 1. The normalized spacial score (nSPS) is 14.0. The van der Waals surface area contributed by atoms with Crippen molar-refractivity contribution in [2.24, 2.45) is 0 Å². The Morgan fingerprint density at radius 2 is 2.07 bits per heavy atom. The number of nitrogens with zero attached hydrogens (tertiary/aromatic N) is 3. The van der Waals surface area contributed by atoms with Crippen molar-refractivity contribution in [3.8, 4) is 11.5 Å². The minimum atomic E-state index is -0.269. The minimum Gasteiger partial charge on any atom is -0.463 e. The van der Waals surface area contributed by atoms with E-state index in [0.717, 1.165) is 11.3 Å². The highest BCUT2D eigenvalue weighted by Gasteiger charge is 2.30. The van der Waals surface area contributed by atoms with Crippen LogP contribution in [0.1, 0.15) is 5.56 Å². The van der Waals surface area contributed by atoms with Gasteiger partial charge in [0.2, 0.25) is 5.91 Å². The van der Waals surface area contributed by atoms with Crippen LogP contribution in [-0.4, -0.2) is 41.5 Å². The number of carbonyl (C=O) groups is 2. The van der Waals surface area contributed by atoms with E-state index >= 15 is 0 Å². The number of urea groups is 1. The van der Waals surface area contributed by atoms with Crippen molar-refractivity contribution in [3.63, 3.8) is 0 Å². The van der Waals surface area contributed by atoms with Crippen LogP contribution < -0.4 is 10.2 Å². The van der Waals surface area contributed by atoms with Gasteiger partial charge in [-0.2, -0.15) is 0 Å². The van der Waals surface area contributed by atoms with E-state index in [1.54, 1.807) is 17.2 Å². The molecule has 0 radical (unpaired) electrons. The van der Waals surface area contributed by atoms with Gasteiger partial charge in [-0.05, 0) is 31.2 Å². The zero-order valence-corrected chi connectivity index (χ0v) is 15.5. The number of aromatic nitrogens is 1. The lowest BCUT2D eigenvalue weighted by Gasteiger charge is -2.18. The highest BCUT2D eigenvalue weighted by molar-refractivity contribution is 7.14. The number of furan rings is 1. The molecule has 8 heteroatoms. The Hall–Kier alpha value is -3.13. The van der Waals surface area contributed by atoms with Gasteiger partial charge in [-0.1, -0.05) is 17.7 Å². The summed E-state index contributed by atoms with van der Waals surface area (Å²) in [6.07, 6.45) is 1.58. The summed E-state index contributed by atoms with van der Waals surface area (Å²) in [7, 11) is 0. The number of aryl methyl sites for hydroxylation is 1. The molecule has 1 aliphatic heterocycles. The summed E-state index contributed by atoms with van der Waals surface area (Å²) in [4.78, 5) is 32.5. The molecule has 3 amide bonds. The third-order valence-corrected chi connectivity index (χ3v) is 5.06. The molecule has 1 N–H and O–H groups in total. The van der Waals surface area contributed by atoms with Crippen molar-refractivity contribution in [2.75, 3.05) is 29.9 Å². The van der Waals surface area contributed by atoms with Crippen LogP contribution in [0, 0.1) is 6.92 Å². The molecule has 1 fully saturated rings. The summed E-state index contributed by atoms with van der Waals surface area (Å²) in [5, 5.41) is 5.04.